The number of para-hydroxylation sites is 1. The number of rotatable bonds is 5. The number of amides is 1. The smallest absolute Gasteiger partial charge is 0.248 e. The highest BCUT2D eigenvalue weighted by Crippen LogP contribution is 2.24. The summed E-state index contributed by atoms with van der Waals surface area (Å²) in [6.45, 7) is 2.06. The van der Waals surface area contributed by atoms with Crippen LogP contribution < -0.4 is 5.73 Å². The Morgan fingerprint density at radius 3 is 2.61 bits per heavy atom. The lowest BCUT2D eigenvalue weighted by Gasteiger charge is -2.09. The lowest BCUT2D eigenvalue weighted by atomic mass is 10.1. The predicted octanol–water partition coefficient (Wildman–Crippen LogP) is 2.97. The van der Waals surface area contributed by atoms with E-state index in [4.69, 9.17) is 5.73 Å². The van der Waals surface area contributed by atoms with E-state index in [-0.39, 0.29) is 0 Å². The number of aryl methyl sites for hydroxylation is 1. The minimum atomic E-state index is -0.413. The molecule has 0 spiro atoms. The van der Waals surface area contributed by atoms with Crippen molar-refractivity contribution in [2.75, 3.05) is 0 Å². The quantitative estimate of drug-likeness (QED) is 0.732. The Kier molecular flexibility index (Phi) is 4.43. The van der Waals surface area contributed by atoms with Crippen molar-refractivity contribution in [1.82, 2.24) is 14.8 Å². The molecule has 3 rings (SSSR count). The Labute approximate surface area is 138 Å². The number of thioether (sulfide) groups is 1. The summed E-state index contributed by atoms with van der Waals surface area (Å²) in [5, 5.41) is 9.05. The number of hydrogen-bond acceptors (Lipinski definition) is 4. The van der Waals surface area contributed by atoms with Gasteiger partial charge in [-0.05, 0) is 36.2 Å². The Morgan fingerprint density at radius 2 is 1.91 bits per heavy atom. The molecular formula is C17H16N4OS. The number of nitrogens with two attached hydrogens (primary N) is 1. The summed E-state index contributed by atoms with van der Waals surface area (Å²) in [7, 11) is 0. The third-order valence-corrected chi connectivity index (χ3v) is 4.51. The highest BCUT2D eigenvalue weighted by Gasteiger charge is 2.09. The molecule has 0 unspecified atom stereocenters. The van der Waals surface area contributed by atoms with Crippen LogP contribution in [-0.2, 0) is 5.75 Å². The summed E-state index contributed by atoms with van der Waals surface area (Å²) in [5.41, 5.74) is 9.10. The van der Waals surface area contributed by atoms with Gasteiger partial charge >= 0.3 is 0 Å². The van der Waals surface area contributed by atoms with Crippen molar-refractivity contribution < 1.29 is 4.79 Å². The summed E-state index contributed by atoms with van der Waals surface area (Å²) in [6.07, 6.45) is 1.72. The second-order valence-electron chi connectivity index (χ2n) is 5.12. The third kappa shape index (κ3) is 3.43. The van der Waals surface area contributed by atoms with E-state index < -0.39 is 5.91 Å². The van der Waals surface area contributed by atoms with Crippen LogP contribution in [0.25, 0.3) is 5.69 Å². The summed E-state index contributed by atoms with van der Waals surface area (Å²) in [5.74, 6) is 0.326. The molecule has 6 heteroatoms. The first-order valence-electron chi connectivity index (χ1n) is 7.13. The number of carbonyl (C=O) groups is 1. The molecule has 1 amide bonds. The van der Waals surface area contributed by atoms with Crippen molar-refractivity contribution in [3.05, 3.63) is 71.5 Å². The highest BCUT2D eigenvalue weighted by molar-refractivity contribution is 7.98. The first kappa shape index (κ1) is 15.3. The third-order valence-electron chi connectivity index (χ3n) is 3.50. The topological polar surface area (TPSA) is 73.8 Å². The van der Waals surface area contributed by atoms with E-state index >= 15 is 0 Å². The van der Waals surface area contributed by atoms with Gasteiger partial charge in [-0.2, -0.15) is 0 Å². The van der Waals surface area contributed by atoms with Crippen molar-refractivity contribution in [2.45, 2.75) is 17.8 Å². The van der Waals surface area contributed by atoms with Gasteiger partial charge in [-0.25, -0.2) is 0 Å². The minimum absolute atomic E-state index is 0.413. The predicted molar refractivity (Wildman–Crippen MR) is 90.6 cm³/mol. The van der Waals surface area contributed by atoms with E-state index in [2.05, 4.69) is 23.2 Å². The average molecular weight is 324 g/mol. The molecule has 23 heavy (non-hydrogen) atoms. The molecule has 1 aromatic heterocycles. The summed E-state index contributed by atoms with van der Waals surface area (Å²) >= 11 is 1.60. The zero-order chi connectivity index (χ0) is 16.2. The molecule has 0 radical (unpaired) electrons. The van der Waals surface area contributed by atoms with Crippen molar-refractivity contribution in [3.63, 3.8) is 0 Å². The number of aromatic nitrogens is 3. The monoisotopic (exact) mass is 324 g/mol. The molecule has 116 valence electrons. The molecule has 5 nitrogen and oxygen atoms in total. The molecule has 0 aliphatic rings. The maximum absolute atomic E-state index is 11.1. The Hall–Kier alpha value is -2.60. The Morgan fingerprint density at radius 1 is 1.17 bits per heavy atom. The number of primary amides is 1. The van der Waals surface area contributed by atoms with Gasteiger partial charge < -0.3 is 5.73 Å². The van der Waals surface area contributed by atoms with Crippen LogP contribution in [0.4, 0.5) is 0 Å². The maximum Gasteiger partial charge on any atom is 0.248 e. The number of nitrogens with zero attached hydrogens (tertiary/aromatic N) is 3. The second kappa shape index (κ2) is 6.66. The van der Waals surface area contributed by atoms with E-state index in [1.807, 2.05) is 34.9 Å². The fourth-order valence-corrected chi connectivity index (χ4v) is 3.11. The number of hydrogen-bond donors (Lipinski definition) is 1. The van der Waals surface area contributed by atoms with Gasteiger partial charge in [0.25, 0.3) is 0 Å². The highest BCUT2D eigenvalue weighted by atomic mass is 32.2. The molecule has 0 bridgehead atoms. The summed E-state index contributed by atoms with van der Waals surface area (Å²) in [6, 6.07) is 15.4. The second-order valence-corrected chi connectivity index (χ2v) is 6.06. The van der Waals surface area contributed by atoms with Crippen molar-refractivity contribution >= 4 is 17.7 Å². The Balaban J connectivity index is 1.76. The van der Waals surface area contributed by atoms with Crippen LogP contribution >= 0.6 is 11.8 Å². The molecule has 0 fully saturated rings. The zero-order valence-electron chi connectivity index (χ0n) is 12.6. The normalized spacial score (nSPS) is 10.7. The van der Waals surface area contributed by atoms with Gasteiger partial charge in [0.15, 0.2) is 5.16 Å². The standard InChI is InChI=1S/C17H16N4OS/c1-12-4-2-3-5-15(12)21-11-19-20-17(21)23-10-13-6-8-14(9-7-13)16(18)22/h2-9,11H,10H2,1H3,(H2,18,22). The summed E-state index contributed by atoms with van der Waals surface area (Å²) < 4.78 is 1.98. The Bertz CT molecular complexity index is 827. The molecule has 2 N–H and O–H groups in total. The van der Waals surface area contributed by atoms with Crippen LogP contribution in [0.2, 0.25) is 0 Å². The molecule has 0 saturated carbocycles. The van der Waals surface area contributed by atoms with Crippen molar-refractivity contribution in [2.24, 2.45) is 5.73 Å². The molecule has 0 saturated heterocycles. The molecule has 0 aliphatic heterocycles. The maximum atomic E-state index is 11.1. The van der Waals surface area contributed by atoms with E-state index in [0.717, 1.165) is 22.2 Å². The molecule has 2 aromatic carbocycles. The van der Waals surface area contributed by atoms with E-state index in [0.29, 0.717) is 5.56 Å². The number of benzene rings is 2. The first-order chi connectivity index (χ1) is 11.1. The van der Waals surface area contributed by atoms with Crippen LogP contribution in [-0.4, -0.2) is 20.7 Å². The van der Waals surface area contributed by atoms with Crippen LogP contribution in [0.15, 0.2) is 60.0 Å². The number of carbonyl (C=O) groups excluding carboxylic acids is 1. The lowest BCUT2D eigenvalue weighted by molar-refractivity contribution is 0.100. The van der Waals surface area contributed by atoms with E-state index in [9.17, 15) is 4.79 Å². The SMILES string of the molecule is Cc1ccccc1-n1cnnc1SCc1ccc(C(N)=O)cc1. The van der Waals surface area contributed by atoms with Gasteiger partial charge in [0.05, 0.1) is 5.69 Å². The van der Waals surface area contributed by atoms with Gasteiger partial charge in [0.1, 0.15) is 6.33 Å². The zero-order valence-corrected chi connectivity index (χ0v) is 13.5. The average Bonchev–Trinajstić information content (AvgIpc) is 3.02. The van der Waals surface area contributed by atoms with Gasteiger partial charge in [-0.3, -0.25) is 9.36 Å². The van der Waals surface area contributed by atoms with Crippen molar-refractivity contribution in [1.29, 1.82) is 0 Å². The minimum Gasteiger partial charge on any atom is -0.366 e. The van der Waals surface area contributed by atoms with Crippen molar-refractivity contribution in [3.8, 4) is 5.69 Å². The van der Waals surface area contributed by atoms with Gasteiger partial charge in [0.2, 0.25) is 5.91 Å². The van der Waals surface area contributed by atoms with Crippen LogP contribution in [0.3, 0.4) is 0 Å². The van der Waals surface area contributed by atoms with E-state index in [1.54, 1.807) is 30.2 Å². The molecule has 3 aromatic rings. The molecule has 0 aliphatic carbocycles. The van der Waals surface area contributed by atoms with Gasteiger partial charge in [-0.1, -0.05) is 42.1 Å². The largest absolute Gasteiger partial charge is 0.366 e. The molecule has 0 atom stereocenters. The van der Waals surface area contributed by atoms with Gasteiger partial charge in [0, 0.05) is 11.3 Å². The molecule has 1 heterocycles. The van der Waals surface area contributed by atoms with Crippen LogP contribution in [0, 0.1) is 6.92 Å². The first-order valence-corrected chi connectivity index (χ1v) is 8.11. The van der Waals surface area contributed by atoms with E-state index in [1.165, 1.54) is 5.56 Å². The fraction of sp³-hybridized carbons (Fsp3) is 0.118. The van der Waals surface area contributed by atoms with Crippen LogP contribution in [0.1, 0.15) is 21.5 Å². The fourth-order valence-electron chi connectivity index (χ4n) is 2.23. The lowest BCUT2D eigenvalue weighted by Crippen LogP contribution is -2.10. The molecular weight excluding hydrogens is 308 g/mol. The van der Waals surface area contributed by atoms with Gasteiger partial charge in [-0.15, -0.1) is 10.2 Å². The summed E-state index contributed by atoms with van der Waals surface area (Å²) in [4.78, 5) is 11.1. The van der Waals surface area contributed by atoms with Crippen LogP contribution in [0.5, 0.6) is 0 Å².